The van der Waals surface area contributed by atoms with E-state index in [-0.39, 0.29) is 30.8 Å². The first kappa shape index (κ1) is 21.9. The average molecular weight is 379 g/mol. The van der Waals surface area contributed by atoms with Crippen molar-refractivity contribution in [3.8, 4) is 5.75 Å². The van der Waals surface area contributed by atoms with Crippen molar-refractivity contribution in [3.05, 3.63) is 42.0 Å². The lowest BCUT2D eigenvalue weighted by atomic mass is 9.97. The summed E-state index contributed by atoms with van der Waals surface area (Å²) in [6.07, 6.45) is 5.74. The van der Waals surface area contributed by atoms with E-state index in [1.807, 2.05) is 38.1 Å². The third-order valence-corrected chi connectivity index (χ3v) is 4.75. The maximum absolute atomic E-state index is 9.25. The van der Waals surface area contributed by atoms with E-state index < -0.39 is 5.79 Å². The Hall–Kier alpha value is -1.40. The van der Waals surface area contributed by atoms with Crippen LogP contribution in [0.5, 0.6) is 5.75 Å². The molecule has 2 rings (SSSR count). The van der Waals surface area contributed by atoms with Crippen LogP contribution in [0.2, 0.25) is 0 Å². The van der Waals surface area contributed by atoms with Gasteiger partial charge in [0.05, 0.1) is 32.0 Å². The topological polar surface area (TPSA) is 57.2 Å². The highest BCUT2D eigenvalue weighted by Gasteiger charge is 2.42. The standard InChI is InChI=1S/C22H34O5/c1-16(21-20(13-14-23)26-22(3,4)27-21)7-6-8-17(2)25-15-18-9-11-19(24-5)12-10-18/h6-7,9-12,16-17,20-21,23H,8,13-15H2,1-5H3/b7-6-/t16?,17-,20+,21-/m1/s1. The van der Waals surface area contributed by atoms with Crippen LogP contribution in [0.3, 0.4) is 0 Å². The SMILES string of the molecule is COc1ccc(CO[C@H](C)C/C=C\C(C)[C@H]2OC(C)(C)O[C@H]2CCO)cc1. The van der Waals surface area contributed by atoms with Crippen LogP contribution in [-0.4, -0.2) is 42.9 Å². The van der Waals surface area contributed by atoms with E-state index in [4.69, 9.17) is 18.9 Å². The first-order chi connectivity index (χ1) is 12.8. The Morgan fingerprint density at radius 3 is 2.52 bits per heavy atom. The van der Waals surface area contributed by atoms with Crippen molar-refractivity contribution in [1.29, 1.82) is 0 Å². The van der Waals surface area contributed by atoms with E-state index in [2.05, 4.69) is 26.0 Å². The lowest BCUT2D eigenvalue weighted by Crippen LogP contribution is -2.29. The zero-order valence-corrected chi connectivity index (χ0v) is 17.2. The van der Waals surface area contributed by atoms with Crippen molar-refractivity contribution in [1.82, 2.24) is 0 Å². The number of benzene rings is 1. The minimum absolute atomic E-state index is 0.0427. The first-order valence-electron chi connectivity index (χ1n) is 9.72. The van der Waals surface area contributed by atoms with Gasteiger partial charge in [-0.25, -0.2) is 0 Å². The van der Waals surface area contributed by atoms with E-state index in [1.165, 1.54) is 0 Å². The minimum Gasteiger partial charge on any atom is -0.497 e. The Labute approximate surface area is 163 Å². The van der Waals surface area contributed by atoms with Gasteiger partial charge in [0.1, 0.15) is 5.75 Å². The molecule has 1 fully saturated rings. The number of aliphatic hydroxyl groups is 1. The molecule has 0 spiro atoms. The molecule has 1 aromatic rings. The molecule has 0 saturated carbocycles. The molecule has 27 heavy (non-hydrogen) atoms. The molecule has 0 bridgehead atoms. The third-order valence-electron chi connectivity index (χ3n) is 4.75. The number of hydrogen-bond donors (Lipinski definition) is 1. The van der Waals surface area contributed by atoms with Gasteiger partial charge < -0.3 is 24.1 Å². The molecule has 1 saturated heterocycles. The van der Waals surface area contributed by atoms with Gasteiger partial charge in [-0.05, 0) is 51.3 Å². The fourth-order valence-electron chi connectivity index (χ4n) is 3.28. The number of methoxy groups -OCH3 is 1. The van der Waals surface area contributed by atoms with Crippen LogP contribution in [0.1, 0.15) is 46.1 Å². The molecular weight excluding hydrogens is 344 g/mol. The van der Waals surface area contributed by atoms with Crippen LogP contribution in [0, 0.1) is 5.92 Å². The summed E-state index contributed by atoms with van der Waals surface area (Å²) in [5.74, 6) is 0.461. The van der Waals surface area contributed by atoms with Gasteiger partial charge in [0.15, 0.2) is 5.79 Å². The lowest BCUT2D eigenvalue weighted by molar-refractivity contribution is -0.149. The third kappa shape index (κ3) is 6.92. The predicted molar refractivity (Wildman–Crippen MR) is 106 cm³/mol. The summed E-state index contributed by atoms with van der Waals surface area (Å²) < 4.78 is 23.0. The van der Waals surface area contributed by atoms with Crippen molar-refractivity contribution in [2.75, 3.05) is 13.7 Å². The molecule has 5 heteroatoms. The van der Waals surface area contributed by atoms with Gasteiger partial charge in [-0.2, -0.15) is 0 Å². The Morgan fingerprint density at radius 1 is 1.19 bits per heavy atom. The largest absolute Gasteiger partial charge is 0.497 e. The maximum Gasteiger partial charge on any atom is 0.163 e. The predicted octanol–water partition coefficient (Wildman–Crippen LogP) is 4.09. The number of rotatable bonds is 10. The lowest BCUT2D eigenvalue weighted by Gasteiger charge is -2.21. The van der Waals surface area contributed by atoms with Crippen LogP contribution in [-0.2, 0) is 20.8 Å². The van der Waals surface area contributed by atoms with E-state index in [0.29, 0.717) is 13.0 Å². The van der Waals surface area contributed by atoms with Gasteiger partial charge in [0.25, 0.3) is 0 Å². The fraction of sp³-hybridized carbons (Fsp3) is 0.636. The molecule has 1 heterocycles. The van der Waals surface area contributed by atoms with Crippen molar-refractivity contribution >= 4 is 0 Å². The van der Waals surface area contributed by atoms with E-state index in [0.717, 1.165) is 17.7 Å². The Morgan fingerprint density at radius 2 is 1.89 bits per heavy atom. The number of ether oxygens (including phenoxy) is 4. The molecule has 1 aliphatic rings. The van der Waals surface area contributed by atoms with E-state index in [1.54, 1.807) is 7.11 Å². The summed E-state index contributed by atoms with van der Waals surface area (Å²) in [4.78, 5) is 0. The minimum atomic E-state index is -0.596. The molecule has 5 nitrogen and oxygen atoms in total. The smallest absolute Gasteiger partial charge is 0.163 e. The highest BCUT2D eigenvalue weighted by atomic mass is 16.8. The second kappa shape index (κ2) is 10.2. The number of hydrogen-bond acceptors (Lipinski definition) is 5. The highest BCUT2D eigenvalue weighted by molar-refractivity contribution is 5.26. The van der Waals surface area contributed by atoms with Crippen molar-refractivity contribution in [3.63, 3.8) is 0 Å². The quantitative estimate of drug-likeness (QED) is 0.622. The summed E-state index contributed by atoms with van der Waals surface area (Å²) in [7, 11) is 1.66. The Bertz CT molecular complexity index is 581. The normalized spacial score (nSPS) is 24.2. The summed E-state index contributed by atoms with van der Waals surface area (Å²) in [6.45, 7) is 8.73. The first-order valence-corrected chi connectivity index (χ1v) is 9.72. The van der Waals surface area contributed by atoms with Crippen LogP contribution in [0.25, 0.3) is 0 Å². The van der Waals surface area contributed by atoms with Crippen LogP contribution in [0.4, 0.5) is 0 Å². The van der Waals surface area contributed by atoms with Crippen LogP contribution in [0.15, 0.2) is 36.4 Å². The van der Waals surface area contributed by atoms with Gasteiger partial charge >= 0.3 is 0 Å². The molecule has 152 valence electrons. The molecule has 0 aromatic heterocycles. The fourth-order valence-corrected chi connectivity index (χ4v) is 3.28. The monoisotopic (exact) mass is 378 g/mol. The van der Waals surface area contributed by atoms with Gasteiger partial charge in [-0.15, -0.1) is 0 Å². The summed E-state index contributed by atoms with van der Waals surface area (Å²) >= 11 is 0. The summed E-state index contributed by atoms with van der Waals surface area (Å²) in [5.41, 5.74) is 1.13. The molecule has 1 aromatic carbocycles. The maximum atomic E-state index is 9.25. The van der Waals surface area contributed by atoms with Gasteiger partial charge in [0, 0.05) is 12.5 Å². The molecule has 1 unspecified atom stereocenters. The zero-order valence-electron chi connectivity index (χ0n) is 17.2. The van der Waals surface area contributed by atoms with Gasteiger partial charge in [-0.1, -0.05) is 31.2 Å². The zero-order chi connectivity index (χ0) is 19.9. The average Bonchev–Trinajstić information content (AvgIpc) is 2.95. The Balaban J connectivity index is 1.77. The van der Waals surface area contributed by atoms with Gasteiger partial charge in [0.2, 0.25) is 0 Å². The highest BCUT2D eigenvalue weighted by Crippen LogP contribution is 2.34. The van der Waals surface area contributed by atoms with Crippen LogP contribution >= 0.6 is 0 Å². The van der Waals surface area contributed by atoms with Gasteiger partial charge in [-0.3, -0.25) is 0 Å². The van der Waals surface area contributed by atoms with E-state index >= 15 is 0 Å². The van der Waals surface area contributed by atoms with Crippen molar-refractivity contribution in [2.24, 2.45) is 5.92 Å². The molecule has 0 aliphatic carbocycles. The molecule has 0 amide bonds. The Kier molecular flexibility index (Phi) is 8.29. The second-order valence-electron chi connectivity index (χ2n) is 7.64. The van der Waals surface area contributed by atoms with E-state index in [9.17, 15) is 5.11 Å². The molecule has 0 radical (unpaired) electrons. The summed E-state index contributed by atoms with van der Waals surface area (Å²) in [5, 5.41) is 9.25. The molecule has 4 atom stereocenters. The second-order valence-corrected chi connectivity index (χ2v) is 7.64. The van der Waals surface area contributed by atoms with Crippen molar-refractivity contribution < 1.29 is 24.1 Å². The van der Waals surface area contributed by atoms with Crippen molar-refractivity contribution in [2.45, 2.75) is 71.2 Å². The molecule has 1 N–H and O–H groups in total. The van der Waals surface area contributed by atoms with Crippen LogP contribution < -0.4 is 4.74 Å². The molecule has 1 aliphatic heterocycles. The summed E-state index contributed by atoms with van der Waals surface area (Å²) in [6, 6.07) is 7.92. The molecular formula is C22H34O5. The number of aliphatic hydroxyl groups excluding tert-OH is 1.